The van der Waals surface area contributed by atoms with E-state index in [9.17, 15) is 4.39 Å². The minimum Gasteiger partial charge on any atom is -1.00 e. The molecule has 0 heterocycles. The summed E-state index contributed by atoms with van der Waals surface area (Å²) >= 11 is 0. The zero-order valence-corrected chi connectivity index (χ0v) is 8.48. The van der Waals surface area contributed by atoms with E-state index in [4.69, 9.17) is 0 Å². The van der Waals surface area contributed by atoms with Crippen molar-refractivity contribution in [3.05, 3.63) is 42.6 Å². The molecule has 0 aliphatic carbocycles. The predicted molar refractivity (Wildman–Crippen MR) is 36.6 cm³/mol. The van der Waals surface area contributed by atoms with Crippen LogP contribution in [-0.4, -0.2) is 23.1 Å². The van der Waals surface area contributed by atoms with Crippen LogP contribution < -0.4 is 17.0 Å². The molecule has 0 bridgehead atoms. The number of halogens is 2. The van der Waals surface area contributed by atoms with E-state index in [1.807, 2.05) is 0 Å². The van der Waals surface area contributed by atoms with Gasteiger partial charge in [-0.05, 0) is 0 Å². The Kier molecular flexibility index (Phi) is 7.75. The molecule has 0 fully saturated rings. The number of hydrogen-bond donors (Lipinski definition) is 0. The molecule has 0 amide bonds. The maximum atomic E-state index is 12.1. The molecule has 0 spiro atoms. The van der Waals surface area contributed by atoms with Gasteiger partial charge in [-0.1, -0.05) is 12.1 Å². The number of rotatable bonds is 0. The maximum Gasteiger partial charge on any atom is 2.00 e. The smallest absolute Gasteiger partial charge is 1.00 e. The molecule has 0 unspecified atom stereocenters. The summed E-state index contributed by atoms with van der Waals surface area (Å²) in [6, 6.07) is 6.05. The van der Waals surface area contributed by atoms with Crippen LogP contribution >= 0.6 is 0 Å². The van der Waals surface area contributed by atoms with E-state index in [1.165, 1.54) is 12.1 Å². The van der Waals surface area contributed by atoms with Crippen molar-refractivity contribution in [2.45, 2.75) is 0 Å². The topological polar surface area (TPSA) is 0 Å². The van der Waals surface area contributed by atoms with Gasteiger partial charge >= 0.3 is 23.1 Å². The van der Waals surface area contributed by atoms with Crippen molar-refractivity contribution in [2.24, 2.45) is 0 Å². The first kappa shape index (κ1) is 12.9. The molecule has 10 heavy (non-hydrogen) atoms. The van der Waals surface area contributed by atoms with Gasteiger partial charge in [-0.3, -0.25) is 0 Å². The Morgan fingerprint density at radius 3 is 1.80 bits per heavy atom. The van der Waals surface area contributed by atoms with Crippen molar-refractivity contribution < 1.29 is 21.4 Å². The van der Waals surface area contributed by atoms with Crippen LogP contribution in [0, 0.1) is 12.7 Å². The van der Waals surface area contributed by atoms with Gasteiger partial charge in [0.1, 0.15) is 0 Å². The minimum absolute atomic E-state index is 0. The standard InChI is InChI=1S/C7H6F.BrH.Mg/c1-6-2-4-7(8)5-3-6;;/h2-5H,1H2;1H;/q-1;;+2/p-1. The molecule has 0 aliphatic heterocycles. The van der Waals surface area contributed by atoms with E-state index in [-0.39, 0.29) is 45.9 Å². The molecule has 0 aromatic heterocycles. The fourth-order valence-corrected chi connectivity index (χ4v) is 0.484. The average Bonchev–Trinajstić information content (AvgIpc) is 1.77. The second-order valence-corrected chi connectivity index (χ2v) is 1.63. The Balaban J connectivity index is 0. The van der Waals surface area contributed by atoms with Gasteiger partial charge in [0.2, 0.25) is 0 Å². The molecule has 0 N–H and O–H groups in total. The molecule has 1 aromatic rings. The molecule has 3 heteroatoms. The number of benzene rings is 1. The summed E-state index contributed by atoms with van der Waals surface area (Å²) in [4.78, 5) is 0. The van der Waals surface area contributed by atoms with Crippen LogP contribution in [0.15, 0.2) is 24.3 Å². The fourth-order valence-electron chi connectivity index (χ4n) is 0.484. The number of hydrogen-bond acceptors (Lipinski definition) is 0. The maximum absolute atomic E-state index is 12.1. The van der Waals surface area contributed by atoms with Crippen molar-refractivity contribution in [3.8, 4) is 0 Å². The predicted octanol–water partition coefficient (Wildman–Crippen LogP) is -1.37. The fraction of sp³-hybridized carbons (Fsp3) is 0. The van der Waals surface area contributed by atoms with Crippen LogP contribution in [-0.2, 0) is 0 Å². The summed E-state index contributed by atoms with van der Waals surface area (Å²) in [6.45, 7) is 3.60. The van der Waals surface area contributed by atoms with E-state index >= 15 is 0 Å². The Labute approximate surface area is 86.7 Å². The Morgan fingerprint density at radius 1 is 1.10 bits per heavy atom. The molecular formula is C7H6BrFMg. The summed E-state index contributed by atoms with van der Waals surface area (Å²) in [6.07, 6.45) is 0. The largest absolute Gasteiger partial charge is 2.00 e. The van der Waals surface area contributed by atoms with Crippen molar-refractivity contribution >= 4 is 23.1 Å². The third-order valence-electron chi connectivity index (χ3n) is 0.913. The molecule has 0 saturated heterocycles. The quantitative estimate of drug-likeness (QED) is 0.368. The molecule has 0 atom stereocenters. The average molecular weight is 213 g/mol. The van der Waals surface area contributed by atoms with Gasteiger partial charge in [-0.15, -0.1) is 0 Å². The third-order valence-corrected chi connectivity index (χ3v) is 0.913. The van der Waals surface area contributed by atoms with Gasteiger partial charge in [0.05, 0.1) is 5.82 Å². The zero-order chi connectivity index (χ0) is 5.98. The van der Waals surface area contributed by atoms with Crippen LogP contribution in [0.1, 0.15) is 5.56 Å². The van der Waals surface area contributed by atoms with Crippen molar-refractivity contribution in [1.29, 1.82) is 0 Å². The summed E-state index contributed by atoms with van der Waals surface area (Å²) in [7, 11) is 0. The zero-order valence-electron chi connectivity index (χ0n) is 5.48. The van der Waals surface area contributed by atoms with Crippen molar-refractivity contribution in [3.63, 3.8) is 0 Å². The summed E-state index contributed by atoms with van der Waals surface area (Å²) in [5.41, 5.74) is 0.839. The first-order valence-corrected chi connectivity index (χ1v) is 2.36. The molecular weight excluding hydrogens is 207 g/mol. The molecule has 1 rings (SSSR count). The second kappa shape index (κ2) is 6.01. The third kappa shape index (κ3) is 4.14. The SMILES string of the molecule is [Br-].[CH2-]c1ccc(F)cc1.[Mg+2]. The van der Waals surface area contributed by atoms with Crippen LogP contribution in [0.3, 0.4) is 0 Å². The van der Waals surface area contributed by atoms with E-state index < -0.39 is 0 Å². The molecule has 0 radical (unpaired) electrons. The first-order chi connectivity index (χ1) is 3.79. The molecule has 0 aliphatic rings. The summed E-state index contributed by atoms with van der Waals surface area (Å²) in [5, 5.41) is 0. The van der Waals surface area contributed by atoms with Crippen LogP contribution in [0.5, 0.6) is 0 Å². The van der Waals surface area contributed by atoms with Crippen LogP contribution in [0.4, 0.5) is 4.39 Å². The minimum atomic E-state index is -0.211. The Bertz CT molecular complexity index is 152. The molecule has 0 saturated carbocycles. The van der Waals surface area contributed by atoms with Crippen molar-refractivity contribution in [2.75, 3.05) is 0 Å². The first-order valence-electron chi connectivity index (χ1n) is 2.36. The van der Waals surface area contributed by atoms with E-state index in [0.29, 0.717) is 0 Å². The van der Waals surface area contributed by atoms with Gasteiger partial charge in [0.15, 0.2) is 0 Å². The normalized spacial score (nSPS) is 7.30. The van der Waals surface area contributed by atoms with Crippen LogP contribution in [0.25, 0.3) is 0 Å². The van der Waals surface area contributed by atoms with E-state index in [0.717, 1.165) is 5.56 Å². The van der Waals surface area contributed by atoms with Gasteiger partial charge in [0.25, 0.3) is 0 Å². The van der Waals surface area contributed by atoms with Gasteiger partial charge in [-0.25, -0.2) is 4.39 Å². The van der Waals surface area contributed by atoms with E-state index in [2.05, 4.69) is 6.92 Å². The molecule has 50 valence electrons. The molecule has 0 nitrogen and oxygen atoms in total. The van der Waals surface area contributed by atoms with Gasteiger partial charge in [0, 0.05) is 0 Å². The summed E-state index contributed by atoms with van der Waals surface area (Å²) < 4.78 is 12.1. The van der Waals surface area contributed by atoms with E-state index in [1.54, 1.807) is 12.1 Å². The van der Waals surface area contributed by atoms with Gasteiger partial charge < -0.3 is 17.0 Å². The molecule has 1 aromatic carbocycles. The Morgan fingerprint density at radius 2 is 1.50 bits per heavy atom. The van der Waals surface area contributed by atoms with Gasteiger partial charge in [-0.2, -0.15) is 24.6 Å². The second-order valence-electron chi connectivity index (χ2n) is 1.63. The monoisotopic (exact) mass is 212 g/mol. The van der Waals surface area contributed by atoms with Crippen LogP contribution in [0.2, 0.25) is 0 Å². The Hall–Kier alpha value is 0.266. The van der Waals surface area contributed by atoms with Crippen molar-refractivity contribution in [1.82, 2.24) is 0 Å². The summed E-state index contributed by atoms with van der Waals surface area (Å²) in [5.74, 6) is -0.211.